The van der Waals surface area contributed by atoms with E-state index in [0.717, 1.165) is 6.08 Å². The van der Waals surface area contributed by atoms with E-state index in [1.807, 2.05) is 22.6 Å². The summed E-state index contributed by atoms with van der Waals surface area (Å²) in [6, 6.07) is 4.18. The molecule has 0 aliphatic rings. The van der Waals surface area contributed by atoms with Crippen molar-refractivity contribution in [1.29, 1.82) is 0 Å². The average Bonchev–Trinajstić information content (AvgIpc) is 2.02. The molecule has 2 nitrogen and oxygen atoms in total. The first-order valence-electron chi connectivity index (χ1n) is 3.45. The average molecular weight is 292 g/mol. The molecule has 0 radical (unpaired) electrons. The lowest BCUT2D eigenvalue weighted by molar-refractivity contribution is -0.131. The van der Waals surface area contributed by atoms with Crippen LogP contribution in [0.4, 0.5) is 4.39 Å². The summed E-state index contributed by atoms with van der Waals surface area (Å²) in [6.07, 6.45) is 2.46. The highest BCUT2D eigenvalue weighted by molar-refractivity contribution is 14.1. The predicted octanol–water partition coefficient (Wildman–Crippen LogP) is 2.53. The highest BCUT2D eigenvalue weighted by Gasteiger charge is 1.97. The fourth-order valence-corrected chi connectivity index (χ4v) is 1.45. The van der Waals surface area contributed by atoms with E-state index in [1.165, 1.54) is 24.3 Å². The van der Waals surface area contributed by atoms with Crippen molar-refractivity contribution >= 4 is 34.6 Å². The van der Waals surface area contributed by atoms with Gasteiger partial charge in [0.1, 0.15) is 5.82 Å². The SMILES string of the molecule is O=C(O)/C=C/c1ccc(F)cc1I. The van der Waals surface area contributed by atoms with E-state index < -0.39 is 5.97 Å². The minimum Gasteiger partial charge on any atom is -0.478 e. The molecule has 0 bridgehead atoms. The number of hydrogen-bond donors (Lipinski definition) is 1. The van der Waals surface area contributed by atoms with Crippen LogP contribution in [0.3, 0.4) is 0 Å². The van der Waals surface area contributed by atoms with Crippen LogP contribution in [-0.2, 0) is 4.79 Å². The zero-order valence-electron chi connectivity index (χ0n) is 6.50. The minimum atomic E-state index is -1.01. The first-order chi connectivity index (χ1) is 6.09. The van der Waals surface area contributed by atoms with Gasteiger partial charge in [-0.2, -0.15) is 0 Å². The lowest BCUT2D eigenvalue weighted by Crippen LogP contribution is -1.87. The number of rotatable bonds is 2. The molecule has 0 saturated carbocycles. The largest absolute Gasteiger partial charge is 0.478 e. The van der Waals surface area contributed by atoms with E-state index in [1.54, 1.807) is 0 Å². The molecule has 13 heavy (non-hydrogen) atoms. The molecule has 0 unspecified atom stereocenters. The summed E-state index contributed by atoms with van der Waals surface area (Å²) in [5.41, 5.74) is 0.699. The van der Waals surface area contributed by atoms with Crippen molar-refractivity contribution < 1.29 is 14.3 Å². The molecule has 0 aliphatic carbocycles. The Morgan fingerprint density at radius 2 is 2.23 bits per heavy atom. The maximum absolute atomic E-state index is 12.6. The number of aliphatic carboxylic acids is 1. The molecule has 1 aromatic rings. The van der Waals surface area contributed by atoms with Crippen LogP contribution in [0.15, 0.2) is 24.3 Å². The summed E-state index contributed by atoms with van der Waals surface area (Å²) < 4.78 is 13.3. The second-order valence-electron chi connectivity index (χ2n) is 2.34. The van der Waals surface area contributed by atoms with Crippen LogP contribution in [0.25, 0.3) is 6.08 Å². The number of benzene rings is 1. The number of carboxylic acid groups (broad SMARTS) is 1. The fourth-order valence-electron chi connectivity index (χ4n) is 0.798. The van der Waals surface area contributed by atoms with Crippen LogP contribution in [0.5, 0.6) is 0 Å². The van der Waals surface area contributed by atoms with Gasteiger partial charge in [0.15, 0.2) is 0 Å². The third-order valence-corrected chi connectivity index (χ3v) is 2.30. The van der Waals surface area contributed by atoms with E-state index in [-0.39, 0.29) is 5.82 Å². The quantitative estimate of drug-likeness (QED) is 0.672. The van der Waals surface area contributed by atoms with Crippen molar-refractivity contribution in [3.8, 4) is 0 Å². The fraction of sp³-hybridized carbons (Fsp3) is 0. The Balaban J connectivity index is 2.96. The Morgan fingerprint density at radius 1 is 1.54 bits per heavy atom. The van der Waals surface area contributed by atoms with Crippen LogP contribution < -0.4 is 0 Å². The van der Waals surface area contributed by atoms with Crippen LogP contribution in [0.2, 0.25) is 0 Å². The highest BCUT2D eigenvalue weighted by atomic mass is 127. The summed E-state index contributed by atoms with van der Waals surface area (Å²) in [4.78, 5) is 10.2. The zero-order valence-corrected chi connectivity index (χ0v) is 8.66. The molecular formula is C9H6FIO2. The number of carboxylic acids is 1. The summed E-state index contributed by atoms with van der Waals surface area (Å²) >= 11 is 1.95. The maximum Gasteiger partial charge on any atom is 0.328 e. The van der Waals surface area contributed by atoms with Crippen molar-refractivity contribution in [3.63, 3.8) is 0 Å². The Labute approximate surface area is 88.2 Å². The maximum atomic E-state index is 12.6. The van der Waals surface area contributed by atoms with Crippen molar-refractivity contribution in [2.45, 2.75) is 0 Å². The summed E-state index contributed by atoms with van der Waals surface area (Å²) in [5.74, 6) is -1.34. The Hall–Kier alpha value is -0.910. The van der Waals surface area contributed by atoms with Crippen LogP contribution in [0.1, 0.15) is 5.56 Å². The van der Waals surface area contributed by atoms with Gasteiger partial charge in [0, 0.05) is 9.65 Å². The van der Waals surface area contributed by atoms with Gasteiger partial charge in [0.2, 0.25) is 0 Å². The number of carbonyl (C=O) groups is 1. The van der Waals surface area contributed by atoms with E-state index in [0.29, 0.717) is 9.13 Å². The molecule has 1 rings (SSSR count). The lowest BCUT2D eigenvalue weighted by atomic mass is 10.2. The second kappa shape index (κ2) is 4.36. The minimum absolute atomic E-state index is 0.322. The van der Waals surface area contributed by atoms with E-state index in [9.17, 15) is 9.18 Å². The van der Waals surface area contributed by atoms with Gasteiger partial charge in [0.05, 0.1) is 0 Å². The Morgan fingerprint density at radius 3 is 2.77 bits per heavy atom. The van der Waals surface area contributed by atoms with Crippen molar-refractivity contribution in [1.82, 2.24) is 0 Å². The standard InChI is InChI=1S/C9H6FIO2/c10-7-3-1-6(8(11)5-7)2-4-9(12)13/h1-5H,(H,12,13)/b4-2+. The van der Waals surface area contributed by atoms with E-state index in [4.69, 9.17) is 5.11 Å². The van der Waals surface area contributed by atoms with E-state index in [2.05, 4.69) is 0 Å². The molecule has 4 heteroatoms. The van der Waals surface area contributed by atoms with Gasteiger partial charge >= 0.3 is 5.97 Å². The zero-order chi connectivity index (χ0) is 9.84. The molecule has 0 amide bonds. The van der Waals surface area contributed by atoms with Gasteiger partial charge in [-0.3, -0.25) is 0 Å². The van der Waals surface area contributed by atoms with Gasteiger partial charge in [-0.1, -0.05) is 6.07 Å². The number of halogens is 2. The monoisotopic (exact) mass is 292 g/mol. The molecule has 0 aliphatic heterocycles. The van der Waals surface area contributed by atoms with Gasteiger partial charge in [0.25, 0.3) is 0 Å². The van der Waals surface area contributed by atoms with Crippen LogP contribution in [0, 0.1) is 9.39 Å². The van der Waals surface area contributed by atoms with Crippen molar-refractivity contribution in [2.75, 3.05) is 0 Å². The third kappa shape index (κ3) is 3.14. The van der Waals surface area contributed by atoms with Gasteiger partial charge < -0.3 is 5.11 Å². The molecule has 0 spiro atoms. The Kier molecular flexibility index (Phi) is 3.41. The summed E-state index contributed by atoms with van der Waals surface area (Å²) in [6.45, 7) is 0. The topological polar surface area (TPSA) is 37.3 Å². The highest BCUT2D eigenvalue weighted by Crippen LogP contribution is 2.15. The molecule has 0 fully saturated rings. The molecule has 1 N–H and O–H groups in total. The third-order valence-electron chi connectivity index (χ3n) is 1.37. The molecule has 0 atom stereocenters. The molecule has 68 valence electrons. The first kappa shape index (κ1) is 10.2. The molecular weight excluding hydrogens is 286 g/mol. The van der Waals surface area contributed by atoms with Gasteiger partial charge in [-0.15, -0.1) is 0 Å². The summed E-state index contributed by atoms with van der Waals surface area (Å²) in [7, 11) is 0. The normalized spacial score (nSPS) is 10.6. The molecule has 0 heterocycles. The van der Waals surface area contributed by atoms with Crippen molar-refractivity contribution in [2.24, 2.45) is 0 Å². The summed E-state index contributed by atoms with van der Waals surface area (Å²) in [5, 5.41) is 8.36. The molecule has 0 saturated heterocycles. The van der Waals surface area contributed by atoms with Gasteiger partial charge in [-0.25, -0.2) is 9.18 Å². The number of hydrogen-bond acceptors (Lipinski definition) is 1. The molecule has 1 aromatic carbocycles. The predicted molar refractivity (Wildman–Crippen MR) is 55.8 cm³/mol. The van der Waals surface area contributed by atoms with Gasteiger partial charge in [-0.05, 0) is 46.4 Å². The molecule has 0 aromatic heterocycles. The first-order valence-corrected chi connectivity index (χ1v) is 4.53. The Bertz CT molecular complexity index is 361. The second-order valence-corrected chi connectivity index (χ2v) is 3.50. The lowest BCUT2D eigenvalue weighted by Gasteiger charge is -1.96. The van der Waals surface area contributed by atoms with Crippen LogP contribution in [-0.4, -0.2) is 11.1 Å². The smallest absolute Gasteiger partial charge is 0.328 e. The van der Waals surface area contributed by atoms with Crippen molar-refractivity contribution in [3.05, 3.63) is 39.2 Å². The van der Waals surface area contributed by atoms with Crippen LogP contribution >= 0.6 is 22.6 Å². The van der Waals surface area contributed by atoms with E-state index >= 15 is 0 Å².